The Morgan fingerprint density at radius 1 is 0.953 bits per heavy atom. The van der Waals surface area contributed by atoms with Crippen LogP contribution in [0.4, 0.5) is 17.1 Å². The molecule has 2 atom stereocenters. The number of hydrogen-bond acceptors (Lipinski definition) is 9. The van der Waals surface area contributed by atoms with Crippen LogP contribution in [0.25, 0.3) is 0 Å². The van der Waals surface area contributed by atoms with Gasteiger partial charge >= 0.3 is 0 Å². The van der Waals surface area contributed by atoms with Crippen molar-refractivity contribution in [3.05, 3.63) is 72.3 Å². The van der Waals surface area contributed by atoms with Gasteiger partial charge in [-0.15, -0.1) is 0 Å². The normalized spacial score (nSPS) is 16.6. The number of nitrogens with zero attached hydrogens (tertiary/aromatic N) is 1. The average Bonchev–Trinajstić information content (AvgIpc) is 2.96. The molecule has 0 spiro atoms. The van der Waals surface area contributed by atoms with Gasteiger partial charge in [0.1, 0.15) is 24.2 Å². The van der Waals surface area contributed by atoms with Crippen LogP contribution in [-0.4, -0.2) is 65.3 Å². The van der Waals surface area contributed by atoms with E-state index in [4.69, 9.17) is 4.74 Å². The molecule has 5 N–H and O–H groups in total. The number of ether oxygens (including phenoxy) is 1. The molecule has 0 aliphatic carbocycles. The first-order chi connectivity index (χ1) is 20.3. The Kier molecular flexibility index (Phi) is 10.4. The minimum atomic E-state index is -3.72. The number of benzene rings is 3. The van der Waals surface area contributed by atoms with Crippen LogP contribution < -0.4 is 24.4 Å². The van der Waals surface area contributed by atoms with Crippen LogP contribution in [0.15, 0.2) is 71.6 Å². The highest BCUT2D eigenvalue weighted by molar-refractivity contribution is 7.92. The van der Waals surface area contributed by atoms with Crippen molar-refractivity contribution in [2.24, 2.45) is 0 Å². The molecule has 1 aliphatic heterocycles. The lowest BCUT2D eigenvalue weighted by atomic mass is 10.0. The molecular weight excluding hydrogens is 592 g/mol. The van der Waals surface area contributed by atoms with E-state index in [2.05, 4.69) is 33.5 Å². The second-order valence-corrected chi connectivity index (χ2v) is 14.4. The van der Waals surface area contributed by atoms with E-state index >= 15 is 0 Å². The predicted molar refractivity (Wildman–Crippen MR) is 169 cm³/mol. The third-order valence-corrected chi connectivity index (χ3v) is 9.09. The second-order valence-electron chi connectivity index (χ2n) is 11.0. The highest BCUT2D eigenvalue weighted by atomic mass is 32.2. The van der Waals surface area contributed by atoms with E-state index in [1.54, 1.807) is 24.3 Å². The van der Waals surface area contributed by atoms with E-state index in [9.17, 15) is 27.0 Å². The van der Waals surface area contributed by atoms with Crippen LogP contribution in [-0.2, 0) is 20.0 Å². The van der Waals surface area contributed by atoms with E-state index in [1.807, 2.05) is 24.3 Å². The molecule has 43 heavy (non-hydrogen) atoms. The average molecular weight is 633 g/mol. The fraction of sp³-hybridized carbons (Fsp3) is 0.400. The van der Waals surface area contributed by atoms with Crippen molar-refractivity contribution in [3.8, 4) is 11.5 Å². The molecule has 3 aromatic carbocycles. The lowest BCUT2D eigenvalue weighted by Crippen LogP contribution is -2.51. The summed E-state index contributed by atoms with van der Waals surface area (Å²) in [5.41, 5.74) is 2.46. The number of aliphatic hydroxyl groups is 1. The number of phenolic OH excluding ortho intramolecular Hbond substituents is 1. The van der Waals surface area contributed by atoms with Crippen LogP contribution in [0.3, 0.4) is 0 Å². The molecule has 0 amide bonds. The molecule has 3 aromatic rings. The summed E-state index contributed by atoms with van der Waals surface area (Å²) in [6.07, 6.45) is 2.99. The third-order valence-electron chi connectivity index (χ3n) is 7.11. The number of aromatic hydroxyl groups is 1. The number of phenols is 1. The van der Waals surface area contributed by atoms with Crippen molar-refractivity contribution in [2.45, 2.75) is 56.2 Å². The Morgan fingerprint density at radius 2 is 1.65 bits per heavy atom. The van der Waals surface area contributed by atoms with Gasteiger partial charge < -0.3 is 19.8 Å². The summed E-state index contributed by atoms with van der Waals surface area (Å²) in [6, 6.07) is 18.3. The predicted octanol–water partition coefficient (Wildman–Crippen LogP) is 4.03. The van der Waals surface area contributed by atoms with Gasteiger partial charge in [-0.05, 0) is 79.3 Å². The molecule has 234 valence electrons. The van der Waals surface area contributed by atoms with Crippen molar-refractivity contribution >= 4 is 37.1 Å². The Labute approximate surface area is 254 Å². The van der Waals surface area contributed by atoms with E-state index in [0.717, 1.165) is 43.3 Å². The SMILES string of the molecule is CC(C)c1ccc(S(=O)(=O)Nc2ccc(N3CCCCC3NC[C@H](O)COc3ccc(O)c(NS(C)(=O)=O)c3)cc2)cc1. The number of piperidine rings is 1. The maximum absolute atomic E-state index is 12.9. The maximum atomic E-state index is 12.9. The maximum Gasteiger partial charge on any atom is 0.261 e. The van der Waals surface area contributed by atoms with E-state index in [-0.39, 0.29) is 35.6 Å². The first-order valence-corrected chi connectivity index (χ1v) is 17.5. The lowest BCUT2D eigenvalue weighted by Gasteiger charge is -2.38. The van der Waals surface area contributed by atoms with Gasteiger partial charge in [0.2, 0.25) is 10.0 Å². The summed E-state index contributed by atoms with van der Waals surface area (Å²) in [6.45, 7) is 5.13. The van der Waals surface area contributed by atoms with E-state index in [1.165, 1.54) is 18.2 Å². The number of sulfonamides is 2. The Morgan fingerprint density at radius 3 is 2.30 bits per heavy atom. The number of anilines is 3. The molecule has 1 unspecified atom stereocenters. The molecule has 1 heterocycles. The first kappa shape index (κ1) is 32.4. The number of aliphatic hydroxyl groups excluding tert-OH is 1. The van der Waals surface area contributed by atoms with Gasteiger partial charge in [-0.25, -0.2) is 16.8 Å². The van der Waals surface area contributed by atoms with Gasteiger partial charge in [0.05, 0.1) is 23.0 Å². The zero-order valence-corrected chi connectivity index (χ0v) is 26.2. The second kappa shape index (κ2) is 13.8. The quantitative estimate of drug-likeness (QED) is 0.176. The van der Waals surface area contributed by atoms with Gasteiger partial charge in [0.25, 0.3) is 10.0 Å². The van der Waals surface area contributed by atoms with Gasteiger partial charge in [0.15, 0.2) is 0 Å². The summed E-state index contributed by atoms with van der Waals surface area (Å²) in [7, 11) is -7.30. The zero-order chi connectivity index (χ0) is 31.2. The van der Waals surface area contributed by atoms with Crippen molar-refractivity contribution in [1.29, 1.82) is 0 Å². The molecule has 1 saturated heterocycles. The Balaban J connectivity index is 1.32. The van der Waals surface area contributed by atoms with Crippen molar-refractivity contribution in [1.82, 2.24) is 5.32 Å². The molecule has 0 aromatic heterocycles. The van der Waals surface area contributed by atoms with Crippen LogP contribution >= 0.6 is 0 Å². The molecule has 0 radical (unpaired) electrons. The molecular formula is C30H40N4O7S2. The fourth-order valence-corrected chi connectivity index (χ4v) is 6.45. The standard InChI is InChI=1S/C30H40N4O7S2/c1-21(2)22-7-14-27(15-8-22)43(39,40)32-23-9-11-24(12-10-23)34-17-5-4-6-30(34)31-19-25(35)20-41-26-13-16-29(36)28(18-26)33-42(3,37)38/h7-16,18,21,25,30-33,35-36H,4-6,17,19-20H2,1-3H3/t25-,30?/m0/s1. The van der Waals surface area contributed by atoms with E-state index < -0.39 is 26.2 Å². The number of nitrogens with one attached hydrogen (secondary N) is 3. The Bertz CT molecular complexity index is 1580. The van der Waals surface area contributed by atoms with Crippen LogP contribution in [0.1, 0.15) is 44.6 Å². The zero-order valence-electron chi connectivity index (χ0n) is 24.5. The summed E-state index contributed by atoms with van der Waals surface area (Å²) in [4.78, 5) is 2.41. The monoisotopic (exact) mass is 632 g/mol. The number of hydrogen-bond donors (Lipinski definition) is 5. The Hall–Kier alpha value is -3.52. The van der Waals surface area contributed by atoms with Gasteiger partial charge in [0, 0.05) is 30.5 Å². The van der Waals surface area contributed by atoms with Crippen molar-refractivity contribution < 1.29 is 31.8 Å². The van der Waals surface area contributed by atoms with Crippen LogP contribution in [0, 0.1) is 0 Å². The van der Waals surface area contributed by atoms with Gasteiger partial charge in [-0.3, -0.25) is 14.8 Å². The largest absolute Gasteiger partial charge is 0.506 e. The molecule has 11 nitrogen and oxygen atoms in total. The highest BCUT2D eigenvalue weighted by Gasteiger charge is 2.24. The summed E-state index contributed by atoms with van der Waals surface area (Å²) in [5, 5.41) is 23.8. The van der Waals surface area contributed by atoms with Crippen molar-refractivity contribution in [2.75, 3.05) is 40.3 Å². The smallest absolute Gasteiger partial charge is 0.261 e. The highest BCUT2D eigenvalue weighted by Crippen LogP contribution is 2.29. The van der Waals surface area contributed by atoms with Gasteiger partial charge in [-0.2, -0.15) is 0 Å². The minimum Gasteiger partial charge on any atom is -0.506 e. The fourth-order valence-electron chi connectivity index (χ4n) is 4.83. The summed E-state index contributed by atoms with van der Waals surface area (Å²) >= 11 is 0. The molecule has 0 saturated carbocycles. The van der Waals surface area contributed by atoms with E-state index in [0.29, 0.717) is 17.4 Å². The van der Waals surface area contributed by atoms with Crippen LogP contribution in [0.5, 0.6) is 11.5 Å². The molecule has 13 heteroatoms. The third kappa shape index (κ3) is 9.23. The molecule has 0 bridgehead atoms. The summed E-state index contributed by atoms with van der Waals surface area (Å²) < 4.78 is 59.3. The molecule has 1 fully saturated rings. The number of rotatable bonds is 13. The lowest BCUT2D eigenvalue weighted by molar-refractivity contribution is 0.102. The van der Waals surface area contributed by atoms with Gasteiger partial charge in [-0.1, -0.05) is 26.0 Å². The summed E-state index contributed by atoms with van der Waals surface area (Å²) in [5.74, 6) is 0.374. The molecule has 1 aliphatic rings. The topological polar surface area (TPSA) is 157 Å². The molecule has 4 rings (SSSR count). The first-order valence-electron chi connectivity index (χ1n) is 14.2. The van der Waals surface area contributed by atoms with Crippen molar-refractivity contribution in [3.63, 3.8) is 0 Å². The minimum absolute atomic E-state index is 0.00965. The van der Waals surface area contributed by atoms with Crippen LogP contribution in [0.2, 0.25) is 0 Å².